The van der Waals surface area contributed by atoms with Crippen molar-refractivity contribution in [1.29, 1.82) is 0 Å². The van der Waals surface area contributed by atoms with Crippen LogP contribution in [0.15, 0.2) is 48.8 Å². The molecular formula is C17H16N4O2. The van der Waals surface area contributed by atoms with E-state index in [-0.39, 0.29) is 10.6 Å². The molecule has 0 fully saturated rings. The minimum absolute atomic E-state index is 0.117. The molecule has 23 heavy (non-hydrogen) atoms. The van der Waals surface area contributed by atoms with Crippen molar-refractivity contribution in [1.82, 2.24) is 9.97 Å². The Hall–Kier alpha value is -3.02. The van der Waals surface area contributed by atoms with E-state index in [1.165, 1.54) is 12.4 Å². The van der Waals surface area contributed by atoms with Gasteiger partial charge in [0.2, 0.25) is 0 Å². The molecule has 0 bridgehead atoms. The van der Waals surface area contributed by atoms with Crippen LogP contribution in [-0.4, -0.2) is 21.4 Å². The lowest BCUT2D eigenvalue weighted by Crippen LogP contribution is -2.07. The van der Waals surface area contributed by atoms with E-state index in [1.54, 1.807) is 12.1 Å². The fourth-order valence-electron chi connectivity index (χ4n) is 2.57. The van der Waals surface area contributed by atoms with Crippen molar-refractivity contribution in [3.63, 3.8) is 0 Å². The lowest BCUT2D eigenvalue weighted by molar-refractivity contribution is -0.384. The van der Waals surface area contributed by atoms with Crippen molar-refractivity contribution in [2.75, 3.05) is 11.9 Å². The summed E-state index contributed by atoms with van der Waals surface area (Å²) in [4.78, 5) is 19.0. The topological polar surface area (TPSA) is 81.0 Å². The van der Waals surface area contributed by atoms with Crippen molar-refractivity contribution in [3.8, 4) is 0 Å². The number of hydrogen-bond donors (Lipinski definition) is 1. The maximum atomic E-state index is 10.8. The second-order valence-electron chi connectivity index (χ2n) is 5.30. The van der Waals surface area contributed by atoms with Gasteiger partial charge in [0.15, 0.2) is 0 Å². The molecule has 116 valence electrons. The molecule has 1 heterocycles. The van der Waals surface area contributed by atoms with Gasteiger partial charge in [0.25, 0.3) is 5.69 Å². The normalized spacial score (nSPS) is 10.7. The fourth-order valence-corrected chi connectivity index (χ4v) is 2.57. The van der Waals surface area contributed by atoms with Gasteiger partial charge in [0.1, 0.15) is 12.1 Å². The Bertz CT molecular complexity index is 859. The van der Waals surface area contributed by atoms with Gasteiger partial charge in [-0.2, -0.15) is 0 Å². The molecule has 0 unspecified atom stereocenters. The minimum Gasteiger partial charge on any atom is -0.369 e. The molecule has 3 rings (SSSR count). The third-order valence-corrected chi connectivity index (χ3v) is 3.70. The summed E-state index contributed by atoms with van der Waals surface area (Å²) in [7, 11) is 0. The summed E-state index contributed by atoms with van der Waals surface area (Å²) >= 11 is 0. The molecule has 0 aliphatic carbocycles. The van der Waals surface area contributed by atoms with Gasteiger partial charge in [-0.25, -0.2) is 9.97 Å². The molecule has 0 amide bonds. The Labute approximate surface area is 133 Å². The summed E-state index contributed by atoms with van der Waals surface area (Å²) in [5, 5.41) is 15.1. The minimum atomic E-state index is -0.377. The number of nitrogens with zero attached hydrogens (tertiary/aromatic N) is 3. The first kappa shape index (κ1) is 14.9. The monoisotopic (exact) mass is 308 g/mol. The molecule has 0 aliphatic rings. The molecule has 2 aromatic carbocycles. The van der Waals surface area contributed by atoms with Gasteiger partial charge in [-0.05, 0) is 30.5 Å². The van der Waals surface area contributed by atoms with Crippen LogP contribution in [0.25, 0.3) is 10.9 Å². The number of nitro groups is 1. The van der Waals surface area contributed by atoms with Crippen LogP contribution in [0.4, 0.5) is 11.5 Å². The van der Waals surface area contributed by atoms with E-state index < -0.39 is 0 Å². The van der Waals surface area contributed by atoms with Gasteiger partial charge in [-0.3, -0.25) is 10.1 Å². The SMILES string of the molecule is Cc1cccc2ncnc(NCCc3cccc([N+](=O)[O-])c3)c12. The van der Waals surface area contributed by atoms with Gasteiger partial charge < -0.3 is 5.32 Å². The summed E-state index contributed by atoms with van der Waals surface area (Å²) in [6, 6.07) is 12.6. The molecule has 0 saturated carbocycles. The average Bonchev–Trinajstić information content (AvgIpc) is 2.55. The third-order valence-electron chi connectivity index (χ3n) is 3.70. The number of fused-ring (bicyclic) bond motifs is 1. The summed E-state index contributed by atoms with van der Waals surface area (Å²) in [6.45, 7) is 2.67. The summed E-state index contributed by atoms with van der Waals surface area (Å²) in [5.74, 6) is 0.790. The Kier molecular flexibility index (Phi) is 4.14. The Balaban J connectivity index is 1.74. The smallest absolute Gasteiger partial charge is 0.269 e. The Morgan fingerprint density at radius 3 is 2.83 bits per heavy atom. The van der Waals surface area contributed by atoms with Crippen LogP contribution in [-0.2, 0) is 6.42 Å². The van der Waals surface area contributed by atoms with E-state index in [1.807, 2.05) is 31.2 Å². The molecule has 0 spiro atoms. The van der Waals surface area contributed by atoms with Gasteiger partial charge in [0.05, 0.1) is 10.4 Å². The molecule has 0 saturated heterocycles. The molecule has 0 atom stereocenters. The van der Waals surface area contributed by atoms with E-state index >= 15 is 0 Å². The lowest BCUT2D eigenvalue weighted by Gasteiger charge is -2.10. The average molecular weight is 308 g/mol. The maximum Gasteiger partial charge on any atom is 0.269 e. The highest BCUT2D eigenvalue weighted by atomic mass is 16.6. The first-order valence-corrected chi connectivity index (χ1v) is 7.32. The first-order valence-electron chi connectivity index (χ1n) is 7.32. The highest BCUT2D eigenvalue weighted by Crippen LogP contribution is 2.22. The van der Waals surface area contributed by atoms with Crippen LogP contribution < -0.4 is 5.32 Å². The van der Waals surface area contributed by atoms with E-state index in [0.717, 1.165) is 27.8 Å². The van der Waals surface area contributed by atoms with E-state index in [4.69, 9.17) is 0 Å². The van der Waals surface area contributed by atoms with Crippen molar-refractivity contribution >= 4 is 22.4 Å². The quantitative estimate of drug-likeness (QED) is 0.576. The van der Waals surface area contributed by atoms with Crippen LogP contribution in [0.2, 0.25) is 0 Å². The van der Waals surface area contributed by atoms with Crippen molar-refractivity contribution in [2.24, 2.45) is 0 Å². The van der Waals surface area contributed by atoms with Gasteiger partial charge in [0, 0.05) is 24.1 Å². The van der Waals surface area contributed by atoms with E-state index in [2.05, 4.69) is 15.3 Å². The number of nitro benzene ring substituents is 1. The standard InChI is InChI=1S/C17H16N4O2/c1-12-4-2-7-15-16(12)17(20-11-19-15)18-9-8-13-5-3-6-14(10-13)21(22)23/h2-7,10-11H,8-9H2,1H3,(H,18,19,20). The molecule has 6 heteroatoms. The van der Waals surface area contributed by atoms with E-state index in [0.29, 0.717) is 13.0 Å². The number of nitrogens with one attached hydrogen (secondary N) is 1. The van der Waals surface area contributed by atoms with Gasteiger partial charge in [-0.1, -0.05) is 24.3 Å². The Morgan fingerprint density at radius 2 is 2.00 bits per heavy atom. The molecule has 3 aromatic rings. The first-order chi connectivity index (χ1) is 11.1. The third kappa shape index (κ3) is 3.26. The molecular weight excluding hydrogens is 292 g/mol. The molecule has 6 nitrogen and oxygen atoms in total. The number of anilines is 1. The van der Waals surface area contributed by atoms with Gasteiger partial charge in [-0.15, -0.1) is 0 Å². The summed E-state index contributed by atoms with van der Waals surface area (Å²) in [6.07, 6.45) is 2.22. The van der Waals surface area contributed by atoms with Crippen molar-refractivity contribution in [2.45, 2.75) is 13.3 Å². The number of aryl methyl sites for hydroxylation is 1. The predicted molar refractivity (Wildman–Crippen MR) is 89.6 cm³/mol. The number of non-ortho nitro benzene ring substituents is 1. The van der Waals surface area contributed by atoms with Crippen molar-refractivity contribution < 1.29 is 4.92 Å². The van der Waals surface area contributed by atoms with Crippen LogP contribution in [0.3, 0.4) is 0 Å². The molecule has 0 radical (unpaired) electrons. The number of benzene rings is 2. The van der Waals surface area contributed by atoms with Crippen LogP contribution >= 0.6 is 0 Å². The van der Waals surface area contributed by atoms with E-state index in [9.17, 15) is 10.1 Å². The highest BCUT2D eigenvalue weighted by Gasteiger charge is 2.07. The second-order valence-corrected chi connectivity index (χ2v) is 5.30. The fraction of sp³-hybridized carbons (Fsp3) is 0.176. The maximum absolute atomic E-state index is 10.8. The highest BCUT2D eigenvalue weighted by molar-refractivity contribution is 5.91. The zero-order chi connectivity index (χ0) is 16.2. The van der Waals surface area contributed by atoms with Crippen molar-refractivity contribution in [3.05, 3.63) is 70.0 Å². The lowest BCUT2D eigenvalue weighted by atomic mass is 10.1. The zero-order valence-electron chi connectivity index (χ0n) is 12.7. The van der Waals surface area contributed by atoms with Crippen LogP contribution in [0.5, 0.6) is 0 Å². The largest absolute Gasteiger partial charge is 0.369 e. The van der Waals surface area contributed by atoms with Gasteiger partial charge >= 0.3 is 0 Å². The zero-order valence-corrected chi connectivity index (χ0v) is 12.7. The Morgan fingerprint density at radius 1 is 1.17 bits per heavy atom. The van der Waals surface area contributed by atoms with Crippen LogP contribution in [0.1, 0.15) is 11.1 Å². The predicted octanol–water partition coefficient (Wildman–Crippen LogP) is 3.50. The number of hydrogen-bond acceptors (Lipinski definition) is 5. The number of rotatable bonds is 5. The van der Waals surface area contributed by atoms with Crippen LogP contribution in [0, 0.1) is 17.0 Å². The number of aromatic nitrogens is 2. The molecule has 1 aromatic heterocycles. The second kappa shape index (κ2) is 6.39. The molecule has 1 N–H and O–H groups in total. The molecule has 0 aliphatic heterocycles. The summed E-state index contributed by atoms with van der Waals surface area (Å²) in [5.41, 5.74) is 3.05. The summed E-state index contributed by atoms with van der Waals surface area (Å²) < 4.78 is 0.